The van der Waals surface area contributed by atoms with E-state index in [2.05, 4.69) is 41.8 Å². The summed E-state index contributed by atoms with van der Waals surface area (Å²) >= 11 is 0. The number of likely N-dealkylation sites (N-methyl/N-ethyl adjacent to an activating group) is 2. The van der Waals surface area contributed by atoms with E-state index >= 15 is 0 Å². The zero-order chi connectivity index (χ0) is 64.4. The van der Waals surface area contributed by atoms with Crippen LogP contribution in [-0.4, -0.2) is 272 Å². The van der Waals surface area contributed by atoms with Gasteiger partial charge in [-0.2, -0.15) is 0 Å². The van der Waals surface area contributed by atoms with E-state index in [1.54, 1.807) is 70.0 Å². The summed E-state index contributed by atoms with van der Waals surface area (Å²) in [7, 11) is 5.56. The average Bonchev–Trinajstić information content (AvgIpc) is 1.49. The van der Waals surface area contributed by atoms with Gasteiger partial charge in [-0.25, -0.2) is 4.79 Å². The molecule has 4 rings (SSSR count). The Morgan fingerprint density at radius 1 is 0.659 bits per heavy atom. The quantitative estimate of drug-likeness (QED) is 0.0157. The molecule has 3 atom stereocenters. The zero-order valence-electron chi connectivity index (χ0n) is 51.1. The SMILES string of the molecule is CCC(=O)NCCNC(=O)NC(N)=NCCC[C@@H](NC(=O)C(c1ccccc1)c1ccc(NCC(=O)N(C)CCCN(C)CCCN(C)C(C=O)N2CCN(CC(=O)O)CCN(CC(=O)O)CCN(CC(=O)O)CC2)cc1)C(=O)NCc1ccc(O)cc1. The normalized spacial score (nSPS) is 15.1. The second kappa shape index (κ2) is 39.5. The van der Waals surface area contributed by atoms with E-state index in [4.69, 9.17) is 5.73 Å². The number of benzene rings is 3. The number of carboxylic acids is 3. The summed E-state index contributed by atoms with van der Waals surface area (Å²) in [6, 6.07) is 21.0. The number of phenols is 1. The summed E-state index contributed by atoms with van der Waals surface area (Å²) in [5, 5.41) is 55.1. The van der Waals surface area contributed by atoms with Crippen molar-refractivity contribution in [2.45, 2.75) is 63.7 Å². The van der Waals surface area contributed by atoms with Gasteiger partial charge in [0.1, 0.15) is 18.0 Å². The van der Waals surface area contributed by atoms with Gasteiger partial charge in [-0.3, -0.25) is 68.4 Å². The Morgan fingerprint density at radius 2 is 1.20 bits per heavy atom. The highest BCUT2D eigenvalue weighted by atomic mass is 16.4. The Morgan fingerprint density at radius 3 is 1.76 bits per heavy atom. The van der Waals surface area contributed by atoms with E-state index in [1.807, 2.05) is 54.2 Å². The number of aldehydes is 1. The Bertz CT molecular complexity index is 2680. The molecular formula is C60H91N15O13. The van der Waals surface area contributed by atoms with Crippen molar-refractivity contribution in [2.24, 2.45) is 10.7 Å². The van der Waals surface area contributed by atoms with Crippen molar-refractivity contribution >= 4 is 65.5 Å². The van der Waals surface area contributed by atoms with Gasteiger partial charge in [-0.1, -0.05) is 61.5 Å². The molecule has 0 bridgehead atoms. The lowest BCUT2D eigenvalue weighted by Gasteiger charge is -2.38. The summed E-state index contributed by atoms with van der Waals surface area (Å²) in [6.45, 7) is 6.29. The molecule has 2 unspecified atom stereocenters. The molecule has 0 spiro atoms. The fourth-order valence-corrected chi connectivity index (χ4v) is 9.77. The molecule has 28 nitrogen and oxygen atoms in total. The van der Waals surface area contributed by atoms with Crippen LogP contribution in [0.3, 0.4) is 0 Å². The number of aliphatic carboxylic acids is 3. The van der Waals surface area contributed by atoms with E-state index in [0.717, 1.165) is 11.8 Å². The van der Waals surface area contributed by atoms with Crippen LogP contribution in [0, 0.1) is 0 Å². The Balaban J connectivity index is 1.30. The maximum absolute atomic E-state index is 14.4. The van der Waals surface area contributed by atoms with Crippen LogP contribution in [0.5, 0.6) is 5.75 Å². The van der Waals surface area contributed by atoms with Crippen molar-refractivity contribution in [3.8, 4) is 5.75 Å². The van der Waals surface area contributed by atoms with Crippen molar-refractivity contribution in [3.63, 3.8) is 0 Å². The number of guanidine groups is 1. The molecule has 1 aliphatic rings. The van der Waals surface area contributed by atoms with Crippen LogP contribution in [0.4, 0.5) is 10.5 Å². The minimum absolute atomic E-state index is 0.00994. The number of carbonyl (C=O) groups is 9. The Hall–Kier alpha value is -8.28. The summed E-state index contributed by atoms with van der Waals surface area (Å²) in [5.41, 5.74) is 8.62. The molecule has 1 heterocycles. The monoisotopic (exact) mass is 1230 g/mol. The molecule has 0 aliphatic carbocycles. The number of hydrogen-bond donors (Lipinski definition) is 11. The van der Waals surface area contributed by atoms with Crippen molar-refractivity contribution in [2.75, 3.05) is 151 Å². The number of nitrogens with zero attached hydrogens (tertiary/aromatic N) is 8. The molecule has 484 valence electrons. The Kier molecular flexibility index (Phi) is 32.4. The maximum atomic E-state index is 14.4. The Labute approximate surface area is 514 Å². The number of anilines is 1. The number of phenolic OH excluding ortho intramolecular Hbond substituents is 1. The number of carboxylic acid groups (broad SMARTS) is 3. The minimum Gasteiger partial charge on any atom is -0.508 e. The second-order valence-electron chi connectivity index (χ2n) is 21.7. The first kappa shape index (κ1) is 72.2. The largest absolute Gasteiger partial charge is 0.508 e. The number of hydrogen-bond acceptors (Lipinski definition) is 18. The maximum Gasteiger partial charge on any atom is 0.321 e. The third kappa shape index (κ3) is 28.0. The molecule has 1 aliphatic heterocycles. The number of amides is 6. The topological polar surface area (TPSA) is 368 Å². The van der Waals surface area contributed by atoms with Gasteiger partial charge >= 0.3 is 23.9 Å². The molecule has 0 aromatic heterocycles. The van der Waals surface area contributed by atoms with Crippen LogP contribution in [0.2, 0.25) is 0 Å². The number of carbonyl (C=O) groups excluding carboxylic acids is 6. The number of nitrogens with one attached hydrogen (secondary N) is 6. The standard InChI is InChI=1S/C60H91N15O13/c1-5-50(78)62-24-25-64-60(88)68-59(61)63-23-9-14-49(57(86)66-38-44-15-21-48(77)22-16-44)67-58(87)56(45-12-7-6-8-13-45)46-17-19-47(20-18-46)65-39-52(79)71(4)29-11-27-69(2)26-10-28-70(3)51(43-76)75-36-34-73(41-54(82)83)32-30-72(40-53(80)81)31-33-74(35-37-75)42-55(84)85/h6-8,12-13,15-22,43,49,51,56,65,77H,5,9-11,14,23-42H2,1-4H3,(H,62,78)(H,66,86)(H,67,87)(H,80,81)(H,82,83)(H,84,85)(H4,61,63,64,68,88)/t49-,51?,56?/m1/s1. The van der Waals surface area contributed by atoms with Gasteiger partial charge in [-0.05, 0) is 93.8 Å². The lowest BCUT2D eigenvalue weighted by atomic mass is 9.90. The third-order valence-electron chi connectivity index (χ3n) is 14.8. The van der Waals surface area contributed by atoms with E-state index in [1.165, 1.54) is 12.1 Å². The van der Waals surface area contributed by atoms with Crippen LogP contribution < -0.4 is 37.6 Å². The summed E-state index contributed by atoms with van der Waals surface area (Å²) < 4.78 is 0. The van der Waals surface area contributed by atoms with E-state index in [0.29, 0.717) is 81.8 Å². The molecule has 0 saturated carbocycles. The first-order valence-corrected chi connectivity index (χ1v) is 29.6. The fourth-order valence-electron chi connectivity index (χ4n) is 9.77. The van der Waals surface area contributed by atoms with Crippen molar-refractivity contribution < 1.29 is 63.6 Å². The van der Waals surface area contributed by atoms with Gasteiger partial charge in [0.2, 0.25) is 23.6 Å². The first-order chi connectivity index (χ1) is 42.1. The average molecular weight is 1230 g/mol. The van der Waals surface area contributed by atoms with Gasteiger partial charge in [0, 0.05) is 111 Å². The zero-order valence-corrected chi connectivity index (χ0v) is 51.1. The van der Waals surface area contributed by atoms with E-state index < -0.39 is 53.9 Å². The second-order valence-corrected chi connectivity index (χ2v) is 21.7. The molecule has 28 heteroatoms. The number of aliphatic imine (C=N–C) groups is 1. The molecular weight excluding hydrogens is 1140 g/mol. The smallest absolute Gasteiger partial charge is 0.321 e. The van der Waals surface area contributed by atoms with Gasteiger partial charge in [0.05, 0.1) is 32.1 Å². The fraction of sp³-hybridized carbons (Fsp3) is 0.533. The third-order valence-corrected chi connectivity index (χ3v) is 14.8. The summed E-state index contributed by atoms with van der Waals surface area (Å²) in [4.78, 5) is 130. The summed E-state index contributed by atoms with van der Waals surface area (Å²) in [5.74, 6) is -5.20. The van der Waals surface area contributed by atoms with E-state index in [-0.39, 0.29) is 122 Å². The first-order valence-electron chi connectivity index (χ1n) is 29.6. The van der Waals surface area contributed by atoms with Crippen LogP contribution >= 0.6 is 0 Å². The molecule has 1 saturated heterocycles. The molecule has 3 aromatic rings. The number of aromatic hydroxyl groups is 1. The van der Waals surface area contributed by atoms with Crippen LogP contribution in [0.25, 0.3) is 0 Å². The van der Waals surface area contributed by atoms with Gasteiger partial charge in [-0.15, -0.1) is 0 Å². The van der Waals surface area contributed by atoms with Crippen molar-refractivity contribution in [1.82, 2.24) is 60.9 Å². The molecule has 3 aromatic carbocycles. The van der Waals surface area contributed by atoms with Crippen LogP contribution in [0.15, 0.2) is 83.9 Å². The predicted molar refractivity (Wildman–Crippen MR) is 331 cm³/mol. The van der Waals surface area contributed by atoms with Gasteiger partial charge in [0.15, 0.2) is 12.2 Å². The molecule has 12 N–H and O–H groups in total. The van der Waals surface area contributed by atoms with E-state index in [9.17, 15) is 63.6 Å². The highest BCUT2D eigenvalue weighted by Crippen LogP contribution is 2.27. The number of nitrogens with two attached hydrogens (primary N) is 1. The minimum atomic E-state index is -1.04. The van der Waals surface area contributed by atoms with Crippen LogP contribution in [-0.2, 0) is 44.9 Å². The molecule has 6 amide bonds. The molecule has 0 radical (unpaired) electrons. The number of urea groups is 1. The molecule has 88 heavy (non-hydrogen) atoms. The highest BCUT2D eigenvalue weighted by Gasteiger charge is 2.29. The highest BCUT2D eigenvalue weighted by molar-refractivity contribution is 5.95. The van der Waals surface area contributed by atoms with Gasteiger partial charge in [0.25, 0.3) is 0 Å². The lowest BCUT2D eigenvalue weighted by molar-refractivity contribution is -0.140. The van der Waals surface area contributed by atoms with Crippen molar-refractivity contribution in [1.29, 1.82) is 0 Å². The number of rotatable bonds is 35. The van der Waals surface area contributed by atoms with Crippen LogP contribution in [0.1, 0.15) is 61.6 Å². The van der Waals surface area contributed by atoms with Gasteiger partial charge < -0.3 is 67.3 Å². The predicted octanol–water partition coefficient (Wildman–Crippen LogP) is -0.240. The lowest BCUT2D eigenvalue weighted by Crippen LogP contribution is -2.54. The summed E-state index contributed by atoms with van der Waals surface area (Å²) in [6.07, 6.45) is 2.33. The van der Waals surface area contributed by atoms with Crippen molar-refractivity contribution in [3.05, 3.63) is 95.6 Å². The molecule has 1 fully saturated rings.